The summed E-state index contributed by atoms with van der Waals surface area (Å²) in [6.07, 6.45) is 0. The first-order chi connectivity index (χ1) is 5.59. The largest absolute Gasteiger partial charge is 0.384 e. The number of rotatable bonds is 0. The first-order valence-electron chi connectivity index (χ1n) is 4.17. The maximum Gasteiger partial charge on any atom is 0.0379 e. The van der Waals surface area contributed by atoms with Crippen LogP contribution in [-0.2, 0) is 5.41 Å². The van der Waals surface area contributed by atoms with Crippen LogP contribution in [0.5, 0.6) is 0 Å². The lowest BCUT2D eigenvalue weighted by Gasteiger charge is -2.16. The molecule has 0 atom stereocenters. The van der Waals surface area contributed by atoms with Crippen LogP contribution in [0.25, 0.3) is 0 Å². The van der Waals surface area contributed by atoms with Gasteiger partial charge in [-0.15, -0.1) is 12.6 Å². The van der Waals surface area contributed by atoms with E-state index in [1.165, 1.54) is 11.3 Å². The van der Waals surface area contributed by atoms with Crippen LogP contribution in [0.4, 0.5) is 5.69 Å². The average Bonchev–Trinajstić information content (AvgIpc) is 2.28. The maximum absolute atomic E-state index is 4.33. The summed E-state index contributed by atoms with van der Waals surface area (Å²) >= 11 is 4.33. The van der Waals surface area contributed by atoms with Gasteiger partial charge in [-0.05, 0) is 23.8 Å². The minimum Gasteiger partial charge on any atom is -0.384 e. The van der Waals surface area contributed by atoms with E-state index in [4.69, 9.17) is 0 Å². The predicted molar refractivity (Wildman–Crippen MR) is 55.2 cm³/mol. The van der Waals surface area contributed by atoms with Crippen molar-refractivity contribution in [2.45, 2.75) is 24.2 Å². The van der Waals surface area contributed by atoms with Crippen molar-refractivity contribution in [3.8, 4) is 0 Å². The zero-order valence-electron chi connectivity index (χ0n) is 7.39. The molecule has 1 heterocycles. The third-order valence-corrected chi connectivity index (χ3v) is 2.73. The van der Waals surface area contributed by atoms with E-state index in [0.29, 0.717) is 0 Å². The Hall–Kier alpha value is -0.630. The molecule has 1 aromatic carbocycles. The molecule has 12 heavy (non-hydrogen) atoms. The number of benzene rings is 1. The van der Waals surface area contributed by atoms with Gasteiger partial charge in [-0.1, -0.05) is 13.8 Å². The van der Waals surface area contributed by atoms with Crippen molar-refractivity contribution in [3.63, 3.8) is 0 Å². The highest BCUT2D eigenvalue weighted by atomic mass is 32.1. The molecule has 0 spiro atoms. The molecule has 0 aromatic heterocycles. The molecule has 1 aliphatic heterocycles. The second-order valence-corrected chi connectivity index (χ2v) is 4.48. The van der Waals surface area contributed by atoms with Crippen molar-refractivity contribution in [2.75, 3.05) is 11.9 Å². The topological polar surface area (TPSA) is 12.0 Å². The lowest BCUT2D eigenvalue weighted by molar-refractivity contribution is 0.585. The Morgan fingerprint density at radius 3 is 2.92 bits per heavy atom. The van der Waals surface area contributed by atoms with Crippen molar-refractivity contribution in [1.82, 2.24) is 0 Å². The molecular weight excluding hydrogens is 166 g/mol. The molecule has 0 aliphatic carbocycles. The minimum absolute atomic E-state index is 0.258. The first kappa shape index (κ1) is 7.99. The Kier molecular flexibility index (Phi) is 1.62. The normalized spacial score (nSPS) is 18.6. The zero-order valence-corrected chi connectivity index (χ0v) is 8.28. The Morgan fingerprint density at radius 2 is 2.17 bits per heavy atom. The van der Waals surface area contributed by atoms with Crippen molar-refractivity contribution >= 4 is 18.3 Å². The van der Waals surface area contributed by atoms with E-state index in [1.807, 2.05) is 6.07 Å². The van der Waals surface area contributed by atoms with Gasteiger partial charge in [0.2, 0.25) is 0 Å². The smallest absolute Gasteiger partial charge is 0.0379 e. The molecule has 0 saturated carbocycles. The average molecular weight is 179 g/mol. The minimum atomic E-state index is 0.258. The Balaban J connectivity index is 2.57. The van der Waals surface area contributed by atoms with Crippen LogP contribution in [0.2, 0.25) is 0 Å². The van der Waals surface area contributed by atoms with Crippen LogP contribution in [0.15, 0.2) is 23.1 Å². The molecule has 1 nitrogen and oxygen atoms in total. The van der Waals surface area contributed by atoms with Gasteiger partial charge in [0.05, 0.1) is 0 Å². The van der Waals surface area contributed by atoms with Gasteiger partial charge in [0, 0.05) is 22.5 Å². The van der Waals surface area contributed by atoms with Gasteiger partial charge in [-0.3, -0.25) is 0 Å². The molecule has 0 saturated heterocycles. The number of fused-ring (bicyclic) bond motifs is 1. The van der Waals surface area contributed by atoms with Crippen molar-refractivity contribution in [3.05, 3.63) is 23.8 Å². The molecule has 1 aliphatic rings. The van der Waals surface area contributed by atoms with Gasteiger partial charge in [0.1, 0.15) is 0 Å². The lowest BCUT2D eigenvalue weighted by Crippen LogP contribution is -2.18. The van der Waals surface area contributed by atoms with Crippen LogP contribution >= 0.6 is 12.6 Å². The predicted octanol–water partition coefficient (Wildman–Crippen LogP) is 2.68. The molecule has 2 heteroatoms. The number of thiol groups is 1. The van der Waals surface area contributed by atoms with E-state index >= 15 is 0 Å². The second-order valence-electron chi connectivity index (χ2n) is 3.97. The highest BCUT2D eigenvalue weighted by Gasteiger charge is 2.29. The molecule has 0 bridgehead atoms. The summed E-state index contributed by atoms with van der Waals surface area (Å²) in [5.74, 6) is 0. The number of anilines is 1. The molecule has 0 unspecified atom stereocenters. The Bertz CT molecular complexity index is 318. The van der Waals surface area contributed by atoms with Crippen LogP contribution in [-0.4, -0.2) is 6.54 Å². The summed E-state index contributed by atoms with van der Waals surface area (Å²) in [4.78, 5) is 1.05. The fraction of sp³-hybridized carbons (Fsp3) is 0.400. The third-order valence-electron chi connectivity index (χ3n) is 2.45. The quantitative estimate of drug-likeness (QED) is 0.583. The molecule has 0 fully saturated rings. The van der Waals surface area contributed by atoms with E-state index < -0.39 is 0 Å². The van der Waals surface area contributed by atoms with Crippen LogP contribution in [0.1, 0.15) is 19.4 Å². The lowest BCUT2D eigenvalue weighted by atomic mass is 9.87. The van der Waals surface area contributed by atoms with Gasteiger partial charge < -0.3 is 5.32 Å². The van der Waals surface area contributed by atoms with E-state index in [-0.39, 0.29) is 5.41 Å². The fourth-order valence-corrected chi connectivity index (χ4v) is 1.86. The van der Waals surface area contributed by atoms with Crippen molar-refractivity contribution in [1.29, 1.82) is 0 Å². The number of nitrogens with one attached hydrogen (secondary N) is 1. The van der Waals surface area contributed by atoms with Crippen LogP contribution in [0.3, 0.4) is 0 Å². The monoisotopic (exact) mass is 179 g/mol. The van der Waals surface area contributed by atoms with Gasteiger partial charge in [0.25, 0.3) is 0 Å². The van der Waals surface area contributed by atoms with E-state index in [1.54, 1.807) is 0 Å². The highest BCUT2D eigenvalue weighted by Crippen LogP contribution is 2.36. The summed E-state index contributed by atoms with van der Waals surface area (Å²) in [6.45, 7) is 5.53. The number of hydrogen-bond donors (Lipinski definition) is 2. The maximum atomic E-state index is 4.33. The molecule has 0 radical (unpaired) electrons. The standard InChI is InChI=1S/C10H13NS/c1-10(2)6-11-9-4-3-7(12)5-8(9)10/h3-5,11-12H,6H2,1-2H3. The Morgan fingerprint density at radius 1 is 1.42 bits per heavy atom. The van der Waals surface area contributed by atoms with Gasteiger partial charge in [-0.25, -0.2) is 0 Å². The molecule has 1 N–H and O–H groups in total. The molecule has 0 amide bonds. The van der Waals surface area contributed by atoms with Gasteiger partial charge in [0.15, 0.2) is 0 Å². The van der Waals surface area contributed by atoms with E-state index in [9.17, 15) is 0 Å². The van der Waals surface area contributed by atoms with E-state index in [0.717, 1.165) is 11.4 Å². The van der Waals surface area contributed by atoms with Crippen molar-refractivity contribution < 1.29 is 0 Å². The molecular formula is C10H13NS. The summed E-state index contributed by atoms with van der Waals surface area (Å²) in [7, 11) is 0. The van der Waals surface area contributed by atoms with E-state index in [2.05, 4.69) is 43.9 Å². The summed E-state index contributed by atoms with van der Waals surface area (Å²) in [5.41, 5.74) is 2.90. The molecule has 1 aromatic rings. The van der Waals surface area contributed by atoms with Crippen molar-refractivity contribution in [2.24, 2.45) is 0 Å². The summed E-state index contributed by atoms with van der Waals surface area (Å²) in [5, 5.41) is 3.38. The van der Waals surface area contributed by atoms with Gasteiger partial charge in [-0.2, -0.15) is 0 Å². The molecule has 2 rings (SSSR count). The third kappa shape index (κ3) is 1.11. The fourth-order valence-electron chi connectivity index (χ4n) is 1.66. The van der Waals surface area contributed by atoms with Crippen LogP contribution < -0.4 is 5.32 Å². The molecule has 64 valence electrons. The first-order valence-corrected chi connectivity index (χ1v) is 4.62. The number of hydrogen-bond acceptors (Lipinski definition) is 2. The second kappa shape index (κ2) is 2.43. The summed E-state index contributed by atoms with van der Waals surface area (Å²) in [6, 6.07) is 6.28. The summed E-state index contributed by atoms with van der Waals surface area (Å²) < 4.78 is 0. The Labute approximate surface area is 78.6 Å². The van der Waals surface area contributed by atoms with Gasteiger partial charge >= 0.3 is 0 Å². The SMILES string of the molecule is CC1(C)CNc2ccc(S)cc21. The highest BCUT2D eigenvalue weighted by molar-refractivity contribution is 7.80. The zero-order chi connectivity index (χ0) is 8.77. The van der Waals surface area contributed by atoms with Crippen LogP contribution in [0, 0.1) is 0 Å².